The number of thioether (sulfide) groups is 1. The van der Waals surface area contributed by atoms with Crippen molar-refractivity contribution in [1.29, 1.82) is 0 Å². The maximum atomic E-state index is 10.9. The fourth-order valence-electron chi connectivity index (χ4n) is 2.39. The lowest BCUT2D eigenvalue weighted by Gasteiger charge is -2.34. The van der Waals surface area contributed by atoms with E-state index in [1.165, 1.54) is 0 Å². The van der Waals surface area contributed by atoms with Crippen molar-refractivity contribution in [2.75, 3.05) is 18.8 Å². The van der Waals surface area contributed by atoms with Gasteiger partial charge in [-0.3, -0.25) is 4.99 Å². The van der Waals surface area contributed by atoms with Crippen molar-refractivity contribution in [3.8, 4) is 0 Å². The van der Waals surface area contributed by atoms with Crippen LogP contribution >= 0.6 is 11.8 Å². The number of nitrogens with zero attached hydrogens (tertiary/aromatic N) is 2. The molecule has 90 valence electrons. The smallest absolute Gasteiger partial charge is 0.175 e. The molecule has 0 aliphatic carbocycles. The highest BCUT2D eigenvalue weighted by molar-refractivity contribution is 8.14. The van der Waals surface area contributed by atoms with E-state index in [0.717, 1.165) is 36.7 Å². The third kappa shape index (κ3) is 1.85. The predicted molar refractivity (Wildman–Crippen MR) is 71.0 cm³/mol. The molecule has 17 heavy (non-hydrogen) atoms. The zero-order valence-corrected chi connectivity index (χ0v) is 10.5. The van der Waals surface area contributed by atoms with E-state index in [0.29, 0.717) is 5.75 Å². The Morgan fingerprint density at radius 1 is 1.24 bits per heavy atom. The molecule has 0 radical (unpaired) electrons. The average Bonchev–Trinajstić information content (AvgIpc) is 2.57. The van der Waals surface area contributed by atoms with Crippen LogP contribution in [0.25, 0.3) is 0 Å². The molecule has 1 aromatic carbocycles. The fraction of sp³-hybridized carbons (Fsp3) is 0.462. The SMILES string of the molecule is O[C@]1(c2ccccc2)CSC2=NCCCCN21. The van der Waals surface area contributed by atoms with Gasteiger partial charge in [-0.05, 0) is 12.8 Å². The number of rotatable bonds is 1. The number of hydrogen-bond acceptors (Lipinski definition) is 4. The summed E-state index contributed by atoms with van der Waals surface area (Å²) in [6.07, 6.45) is 2.22. The van der Waals surface area contributed by atoms with Gasteiger partial charge in [-0.15, -0.1) is 0 Å². The molecule has 1 atom stereocenters. The summed E-state index contributed by atoms with van der Waals surface area (Å²) in [7, 11) is 0. The van der Waals surface area contributed by atoms with Crippen LogP contribution in [-0.4, -0.2) is 34.0 Å². The number of benzene rings is 1. The van der Waals surface area contributed by atoms with Crippen molar-refractivity contribution < 1.29 is 5.11 Å². The summed E-state index contributed by atoms with van der Waals surface area (Å²) in [6, 6.07) is 9.92. The van der Waals surface area contributed by atoms with Crippen molar-refractivity contribution in [2.45, 2.75) is 18.6 Å². The fourth-order valence-corrected chi connectivity index (χ4v) is 3.63. The first-order chi connectivity index (χ1) is 8.31. The normalized spacial score (nSPS) is 28.5. The molecule has 0 amide bonds. The van der Waals surface area contributed by atoms with Gasteiger partial charge >= 0.3 is 0 Å². The molecule has 3 nitrogen and oxygen atoms in total. The van der Waals surface area contributed by atoms with Gasteiger partial charge in [-0.1, -0.05) is 42.1 Å². The van der Waals surface area contributed by atoms with Crippen molar-refractivity contribution in [3.63, 3.8) is 0 Å². The average molecular weight is 248 g/mol. The van der Waals surface area contributed by atoms with E-state index in [1.54, 1.807) is 11.8 Å². The zero-order valence-electron chi connectivity index (χ0n) is 9.67. The monoisotopic (exact) mass is 248 g/mol. The maximum Gasteiger partial charge on any atom is 0.175 e. The molecular weight excluding hydrogens is 232 g/mol. The molecule has 1 aromatic rings. The quantitative estimate of drug-likeness (QED) is 0.826. The molecule has 0 saturated carbocycles. The predicted octanol–water partition coefficient (Wildman–Crippen LogP) is 2.03. The topological polar surface area (TPSA) is 35.8 Å². The zero-order chi connectivity index (χ0) is 11.7. The van der Waals surface area contributed by atoms with Crippen LogP contribution in [0.4, 0.5) is 0 Å². The van der Waals surface area contributed by atoms with Gasteiger partial charge < -0.3 is 10.0 Å². The molecule has 1 fully saturated rings. The van der Waals surface area contributed by atoms with E-state index in [1.807, 2.05) is 30.3 Å². The van der Waals surface area contributed by atoms with Crippen LogP contribution in [0.2, 0.25) is 0 Å². The lowest BCUT2D eigenvalue weighted by molar-refractivity contribution is -0.0474. The summed E-state index contributed by atoms with van der Waals surface area (Å²) in [4.78, 5) is 6.62. The largest absolute Gasteiger partial charge is 0.366 e. The summed E-state index contributed by atoms with van der Waals surface area (Å²) in [6.45, 7) is 1.79. The summed E-state index contributed by atoms with van der Waals surface area (Å²) in [5.41, 5.74) is 0.106. The number of aliphatic hydroxyl groups is 1. The van der Waals surface area contributed by atoms with E-state index in [4.69, 9.17) is 0 Å². The Morgan fingerprint density at radius 2 is 2.06 bits per heavy atom. The van der Waals surface area contributed by atoms with Crippen molar-refractivity contribution in [2.24, 2.45) is 4.99 Å². The van der Waals surface area contributed by atoms with Gasteiger partial charge in [0.1, 0.15) is 0 Å². The third-order valence-corrected chi connectivity index (χ3v) is 4.51. The van der Waals surface area contributed by atoms with Gasteiger partial charge in [-0.25, -0.2) is 0 Å². The molecule has 0 unspecified atom stereocenters. The van der Waals surface area contributed by atoms with Gasteiger partial charge in [0.25, 0.3) is 0 Å². The van der Waals surface area contributed by atoms with Crippen molar-refractivity contribution in [3.05, 3.63) is 35.9 Å². The second-order valence-electron chi connectivity index (χ2n) is 4.49. The molecule has 0 aromatic heterocycles. The summed E-state index contributed by atoms with van der Waals surface area (Å²) < 4.78 is 0. The molecule has 1 saturated heterocycles. The Kier molecular flexibility index (Phi) is 2.84. The van der Waals surface area contributed by atoms with E-state index < -0.39 is 5.72 Å². The Bertz CT molecular complexity index is 434. The number of amidine groups is 1. The van der Waals surface area contributed by atoms with Crippen LogP contribution in [-0.2, 0) is 5.72 Å². The minimum Gasteiger partial charge on any atom is -0.366 e. The molecular formula is C13H16N2OS. The Balaban J connectivity index is 1.98. The Labute approximate surface area is 106 Å². The van der Waals surface area contributed by atoms with E-state index in [9.17, 15) is 5.11 Å². The lowest BCUT2D eigenvalue weighted by atomic mass is 10.0. The van der Waals surface area contributed by atoms with Crippen molar-refractivity contribution in [1.82, 2.24) is 4.90 Å². The summed E-state index contributed by atoms with van der Waals surface area (Å²) in [5.74, 6) is 0.676. The number of aliphatic imine (C=N–C) groups is 1. The second kappa shape index (κ2) is 4.35. The molecule has 1 N–H and O–H groups in total. The van der Waals surface area contributed by atoms with Gasteiger partial charge in [0.05, 0.1) is 5.75 Å². The number of fused-ring (bicyclic) bond motifs is 1. The highest BCUT2D eigenvalue weighted by atomic mass is 32.2. The van der Waals surface area contributed by atoms with E-state index >= 15 is 0 Å². The van der Waals surface area contributed by atoms with Gasteiger partial charge in [0.15, 0.2) is 10.9 Å². The second-order valence-corrected chi connectivity index (χ2v) is 5.44. The summed E-state index contributed by atoms with van der Waals surface area (Å²) >= 11 is 1.67. The summed E-state index contributed by atoms with van der Waals surface area (Å²) in [5, 5.41) is 11.9. The Morgan fingerprint density at radius 3 is 2.88 bits per heavy atom. The standard InChI is InChI=1S/C13H16N2OS/c16-13(11-6-2-1-3-7-11)10-17-12-14-8-4-5-9-15(12)13/h1-3,6-7,16H,4-5,8-10H2/t13-/m0/s1. The molecule has 2 heterocycles. The minimum absolute atomic E-state index is 0.676. The molecule has 2 aliphatic heterocycles. The van der Waals surface area contributed by atoms with E-state index in [2.05, 4.69) is 9.89 Å². The number of hydrogen-bond donors (Lipinski definition) is 1. The molecule has 0 spiro atoms. The molecule has 0 bridgehead atoms. The highest BCUT2D eigenvalue weighted by Crippen LogP contribution is 2.39. The van der Waals surface area contributed by atoms with Gasteiger partial charge in [0, 0.05) is 18.7 Å². The van der Waals surface area contributed by atoms with Crippen LogP contribution in [0.3, 0.4) is 0 Å². The first-order valence-corrected chi connectivity index (χ1v) is 7.02. The first kappa shape index (κ1) is 11.1. The van der Waals surface area contributed by atoms with Crippen LogP contribution in [0.5, 0.6) is 0 Å². The molecule has 2 aliphatic rings. The molecule has 3 rings (SSSR count). The third-order valence-electron chi connectivity index (χ3n) is 3.35. The van der Waals surface area contributed by atoms with Crippen LogP contribution in [0.15, 0.2) is 35.3 Å². The van der Waals surface area contributed by atoms with Crippen molar-refractivity contribution >= 4 is 16.9 Å². The Hall–Kier alpha value is -1.00. The van der Waals surface area contributed by atoms with E-state index in [-0.39, 0.29) is 0 Å². The van der Waals surface area contributed by atoms with Crippen LogP contribution in [0.1, 0.15) is 18.4 Å². The molecule has 4 heteroatoms. The van der Waals surface area contributed by atoms with Gasteiger partial charge in [-0.2, -0.15) is 0 Å². The van der Waals surface area contributed by atoms with Crippen LogP contribution < -0.4 is 0 Å². The van der Waals surface area contributed by atoms with Crippen LogP contribution in [0, 0.1) is 0 Å². The maximum absolute atomic E-state index is 10.9. The minimum atomic E-state index is -0.866. The van der Waals surface area contributed by atoms with Gasteiger partial charge in [0.2, 0.25) is 0 Å². The first-order valence-electron chi connectivity index (χ1n) is 6.03. The lowest BCUT2D eigenvalue weighted by Crippen LogP contribution is -2.45. The highest BCUT2D eigenvalue weighted by Gasteiger charge is 2.44.